The first-order chi connectivity index (χ1) is 16.5. The number of phenolic OH excluding ortho intramolecular Hbond substituents is 1. The van der Waals surface area contributed by atoms with Crippen LogP contribution in [0.5, 0.6) is 5.75 Å². The summed E-state index contributed by atoms with van der Waals surface area (Å²) in [7, 11) is 0. The van der Waals surface area contributed by atoms with Gasteiger partial charge in [0.25, 0.3) is 0 Å². The van der Waals surface area contributed by atoms with Crippen LogP contribution in [0, 0.1) is 11.8 Å². The Hall–Kier alpha value is -3.14. The summed E-state index contributed by atoms with van der Waals surface area (Å²) in [5.41, 5.74) is 6.87. The number of hydrogen-bond donors (Lipinski definition) is 5. The minimum Gasteiger partial charge on any atom is -0.508 e. The number of nitrogens with zero attached hydrogens (tertiary/aromatic N) is 1. The lowest BCUT2D eigenvalue weighted by molar-refractivity contribution is -0.146. The molecule has 1 aromatic rings. The van der Waals surface area contributed by atoms with E-state index < -0.39 is 42.0 Å². The van der Waals surface area contributed by atoms with E-state index in [0.717, 1.165) is 5.56 Å². The zero-order valence-electron chi connectivity index (χ0n) is 20.9. The maximum atomic E-state index is 13.5. The van der Waals surface area contributed by atoms with Crippen molar-refractivity contribution >= 4 is 23.7 Å². The van der Waals surface area contributed by atoms with Gasteiger partial charge in [0.15, 0.2) is 0 Å². The van der Waals surface area contributed by atoms with E-state index in [4.69, 9.17) is 5.73 Å². The van der Waals surface area contributed by atoms with Crippen molar-refractivity contribution in [2.75, 3.05) is 6.54 Å². The van der Waals surface area contributed by atoms with Crippen molar-refractivity contribution in [3.05, 3.63) is 29.8 Å². The van der Waals surface area contributed by atoms with Gasteiger partial charge in [0.2, 0.25) is 17.7 Å². The van der Waals surface area contributed by atoms with Crippen molar-refractivity contribution in [3.63, 3.8) is 0 Å². The Morgan fingerprint density at radius 2 is 1.71 bits per heavy atom. The van der Waals surface area contributed by atoms with E-state index in [-0.39, 0.29) is 29.9 Å². The molecule has 194 valence electrons. The third kappa shape index (κ3) is 7.42. The van der Waals surface area contributed by atoms with Crippen LogP contribution in [0.25, 0.3) is 0 Å². The molecule has 0 radical (unpaired) electrons. The van der Waals surface area contributed by atoms with Gasteiger partial charge in [0.05, 0.1) is 6.04 Å². The molecule has 10 nitrogen and oxygen atoms in total. The van der Waals surface area contributed by atoms with Gasteiger partial charge < -0.3 is 31.5 Å². The third-order valence-electron chi connectivity index (χ3n) is 6.57. The molecule has 1 aliphatic rings. The maximum absolute atomic E-state index is 13.5. The molecule has 1 saturated heterocycles. The van der Waals surface area contributed by atoms with Crippen LogP contribution >= 0.6 is 0 Å². The molecule has 0 saturated carbocycles. The second-order valence-electron chi connectivity index (χ2n) is 9.61. The van der Waals surface area contributed by atoms with Crippen molar-refractivity contribution in [2.24, 2.45) is 17.6 Å². The highest BCUT2D eigenvalue weighted by Gasteiger charge is 2.40. The number of aliphatic carboxylic acids is 1. The van der Waals surface area contributed by atoms with Gasteiger partial charge in [-0.3, -0.25) is 14.4 Å². The molecule has 35 heavy (non-hydrogen) atoms. The SMILES string of the molecule is CCC(C)C(NC(=O)C(N)Cc1ccc(O)cc1)C(=O)N1CCCC1C(=O)NC(C(=O)O)C(C)C. The molecule has 1 aliphatic heterocycles. The average molecular weight is 491 g/mol. The summed E-state index contributed by atoms with van der Waals surface area (Å²) in [5, 5.41) is 24.2. The summed E-state index contributed by atoms with van der Waals surface area (Å²) in [6, 6.07) is 2.76. The van der Waals surface area contributed by atoms with Gasteiger partial charge in [0, 0.05) is 6.54 Å². The van der Waals surface area contributed by atoms with E-state index in [1.165, 1.54) is 17.0 Å². The molecule has 1 heterocycles. The Bertz CT molecular complexity index is 904. The van der Waals surface area contributed by atoms with Gasteiger partial charge >= 0.3 is 5.97 Å². The van der Waals surface area contributed by atoms with Gasteiger partial charge in [-0.2, -0.15) is 0 Å². The lowest BCUT2D eigenvalue weighted by atomic mass is 9.96. The molecule has 1 fully saturated rings. The lowest BCUT2D eigenvalue weighted by Crippen LogP contribution is -2.58. The molecule has 0 spiro atoms. The molecule has 6 N–H and O–H groups in total. The number of amides is 3. The van der Waals surface area contributed by atoms with Crippen LogP contribution in [0.2, 0.25) is 0 Å². The number of carboxylic acid groups (broad SMARTS) is 1. The first-order valence-electron chi connectivity index (χ1n) is 12.1. The third-order valence-corrected chi connectivity index (χ3v) is 6.57. The molecule has 10 heteroatoms. The van der Waals surface area contributed by atoms with Crippen molar-refractivity contribution in [1.82, 2.24) is 15.5 Å². The standard InChI is InChI=1S/C25H38N4O6/c1-5-15(4)21(28-22(31)18(26)13-16-8-10-17(30)11-9-16)24(33)29-12-6-7-19(29)23(32)27-20(14(2)3)25(34)35/h8-11,14-15,18-21,30H,5-7,12-13,26H2,1-4H3,(H,27,32)(H,28,31)(H,34,35). The Morgan fingerprint density at radius 3 is 2.26 bits per heavy atom. The number of carboxylic acids is 1. The zero-order chi connectivity index (χ0) is 26.3. The van der Waals surface area contributed by atoms with Crippen LogP contribution < -0.4 is 16.4 Å². The molecule has 3 amide bonds. The Kier molecular flexibility index (Phi) is 10.1. The molecular formula is C25H38N4O6. The van der Waals surface area contributed by atoms with Crippen LogP contribution in [0.3, 0.4) is 0 Å². The highest BCUT2D eigenvalue weighted by molar-refractivity contribution is 5.94. The number of likely N-dealkylation sites (tertiary alicyclic amines) is 1. The number of rotatable bonds is 11. The molecule has 0 aromatic heterocycles. The lowest BCUT2D eigenvalue weighted by Gasteiger charge is -2.32. The quantitative estimate of drug-likeness (QED) is 0.309. The summed E-state index contributed by atoms with van der Waals surface area (Å²) in [6.45, 7) is 7.50. The first kappa shape index (κ1) is 28.1. The predicted octanol–water partition coefficient (Wildman–Crippen LogP) is 1.01. The number of hydrogen-bond acceptors (Lipinski definition) is 6. The zero-order valence-corrected chi connectivity index (χ0v) is 20.9. The van der Waals surface area contributed by atoms with Crippen LogP contribution in [0.1, 0.15) is 52.5 Å². The largest absolute Gasteiger partial charge is 0.508 e. The molecule has 5 atom stereocenters. The van der Waals surface area contributed by atoms with Gasteiger partial charge in [0.1, 0.15) is 23.9 Å². The van der Waals surface area contributed by atoms with Gasteiger partial charge in [-0.15, -0.1) is 0 Å². The minimum atomic E-state index is -1.13. The first-order valence-corrected chi connectivity index (χ1v) is 12.1. The van der Waals surface area contributed by atoms with Crippen molar-refractivity contribution < 1.29 is 29.4 Å². The normalized spacial score (nSPS) is 19.0. The Labute approximate surface area is 206 Å². The second-order valence-corrected chi connectivity index (χ2v) is 9.61. The van der Waals surface area contributed by atoms with E-state index >= 15 is 0 Å². The number of nitrogens with one attached hydrogen (secondary N) is 2. The van der Waals surface area contributed by atoms with Crippen molar-refractivity contribution in [2.45, 2.75) is 77.5 Å². The van der Waals surface area contributed by atoms with Gasteiger partial charge in [-0.05, 0) is 48.8 Å². The number of phenols is 1. The minimum absolute atomic E-state index is 0.112. The average Bonchev–Trinajstić information content (AvgIpc) is 3.30. The topological polar surface area (TPSA) is 162 Å². The van der Waals surface area contributed by atoms with Crippen LogP contribution in [-0.2, 0) is 25.6 Å². The molecule has 0 bridgehead atoms. The Morgan fingerprint density at radius 1 is 1.09 bits per heavy atom. The summed E-state index contributed by atoms with van der Waals surface area (Å²) in [5.74, 6) is -2.90. The number of aromatic hydroxyl groups is 1. The molecular weight excluding hydrogens is 452 g/mol. The number of carbonyl (C=O) groups is 4. The fourth-order valence-electron chi connectivity index (χ4n) is 4.17. The highest BCUT2D eigenvalue weighted by Crippen LogP contribution is 2.22. The fraction of sp³-hybridized carbons (Fsp3) is 0.600. The fourth-order valence-corrected chi connectivity index (χ4v) is 4.17. The number of nitrogens with two attached hydrogens (primary N) is 1. The van der Waals surface area contributed by atoms with E-state index in [1.54, 1.807) is 26.0 Å². The van der Waals surface area contributed by atoms with Crippen molar-refractivity contribution in [1.29, 1.82) is 0 Å². The van der Waals surface area contributed by atoms with E-state index in [1.807, 2.05) is 13.8 Å². The van der Waals surface area contributed by atoms with E-state index in [2.05, 4.69) is 10.6 Å². The number of benzene rings is 1. The predicted molar refractivity (Wildman–Crippen MR) is 130 cm³/mol. The second kappa shape index (κ2) is 12.5. The molecule has 1 aromatic carbocycles. The van der Waals surface area contributed by atoms with Crippen LogP contribution in [-0.4, -0.2) is 69.5 Å². The van der Waals surface area contributed by atoms with Crippen LogP contribution in [0.15, 0.2) is 24.3 Å². The monoisotopic (exact) mass is 490 g/mol. The Balaban J connectivity index is 2.12. The summed E-state index contributed by atoms with van der Waals surface area (Å²) in [6.07, 6.45) is 1.87. The van der Waals surface area contributed by atoms with Crippen LogP contribution in [0.4, 0.5) is 0 Å². The van der Waals surface area contributed by atoms with Gasteiger partial charge in [-0.25, -0.2) is 4.79 Å². The maximum Gasteiger partial charge on any atom is 0.326 e. The summed E-state index contributed by atoms with van der Waals surface area (Å²) < 4.78 is 0. The summed E-state index contributed by atoms with van der Waals surface area (Å²) >= 11 is 0. The molecule has 2 rings (SSSR count). The van der Waals surface area contributed by atoms with Crippen molar-refractivity contribution in [3.8, 4) is 5.75 Å². The smallest absolute Gasteiger partial charge is 0.326 e. The molecule has 5 unspecified atom stereocenters. The van der Waals surface area contributed by atoms with Gasteiger partial charge in [-0.1, -0.05) is 46.2 Å². The molecule has 0 aliphatic carbocycles. The van der Waals surface area contributed by atoms with E-state index in [0.29, 0.717) is 25.8 Å². The summed E-state index contributed by atoms with van der Waals surface area (Å²) in [4.78, 5) is 52.2. The highest BCUT2D eigenvalue weighted by atomic mass is 16.4. The van der Waals surface area contributed by atoms with E-state index in [9.17, 15) is 29.4 Å². The number of carbonyl (C=O) groups excluding carboxylic acids is 3.